The summed E-state index contributed by atoms with van der Waals surface area (Å²) in [5.74, 6) is -0.141. The molecule has 20 heavy (non-hydrogen) atoms. The largest absolute Gasteiger partial charge is 0.381 e. The number of amides is 1. The number of aromatic amines is 1. The third kappa shape index (κ3) is 3.30. The minimum atomic E-state index is -0.141. The quantitative estimate of drug-likeness (QED) is 0.810. The van der Waals surface area contributed by atoms with Gasteiger partial charge in [0.1, 0.15) is 0 Å². The Morgan fingerprint density at radius 2 is 2.15 bits per heavy atom. The lowest BCUT2D eigenvalue weighted by molar-refractivity contribution is -0.114. The summed E-state index contributed by atoms with van der Waals surface area (Å²) in [5.41, 5.74) is 4.68. The monoisotopic (exact) mass is 292 g/mol. The van der Waals surface area contributed by atoms with Gasteiger partial charge in [-0.2, -0.15) is 5.10 Å². The predicted octanol–water partition coefficient (Wildman–Crippen LogP) is 3.25. The molecular weight excluding hydrogens is 276 g/mol. The van der Waals surface area contributed by atoms with E-state index in [2.05, 4.69) is 20.8 Å². The Bertz CT molecular complexity index is 617. The number of nitrogens with one attached hydrogen (secondary N) is 3. The van der Waals surface area contributed by atoms with Crippen LogP contribution in [0.2, 0.25) is 5.02 Å². The number of hydrogen-bond acceptors (Lipinski definition) is 3. The van der Waals surface area contributed by atoms with E-state index in [1.807, 2.05) is 19.9 Å². The summed E-state index contributed by atoms with van der Waals surface area (Å²) < 4.78 is 0. The van der Waals surface area contributed by atoms with Gasteiger partial charge in [-0.25, -0.2) is 0 Å². The van der Waals surface area contributed by atoms with Gasteiger partial charge in [-0.15, -0.1) is 0 Å². The fourth-order valence-corrected chi connectivity index (χ4v) is 2.17. The third-order valence-electron chi connectivity index (χ3n) is 3.03. The topological polar surface area (TPSA) is 69.8 Å². The van der Waals surface area contributed by atoms with Crippen molar-refractivity contribution in [3.63, 3.8) is 0 Å². The number of halogens is 1. The first-order valence-corrected chi connectivity index (χ1v) is 6.66. The summed E-state index contributed by atoms with van der Waals surface area (Å²) in [6.07, 6.45) is 0. The van der Waals surface area contributed by atoms with E-state index in [0.717, 1.165) is 22.6 Å². The Morgan fingerprint density at radius 3 is 2.70 bits per heavy atom. The van der Waals surface area contributed by atoms with Crippen LogP contribution < -0.4 is 10.6 Å². The fourth-order valence-electron chi connectivity index (χ4n) is 1.94. The number of rotatable bonds is 4. The number of hydrogen-bond donors (Lipinski definition) is 3. The van der Waals surface area contributed by atoms with Gasteiger partial charge in [0, 0.05) is 30.4 Å². The molecule has 3 N–H and O–H groups in total. The van der Waals surface area contributed by atoms with Gasteiger partial charge in [0.2, 0.25) is 5.91 Å². The number of carbonyl (C=O) groups excluding carboxylic acids is 1. The number of H-pyrrole nitrogens is 1. The molecule has 2 aromatic rings. The lowest BCUT2D eigenvalue weighted by Crippen LogP contribution is -2.07. The standard InChI is InChI=1S/C14H17ClN4O/c1-8-12(9(2)19-18-8)7-16-11-4-5-14(13(15)6-11)17-10(3)20/h4-6,16H,7H2,1-3H3,(H,17,20)(H,18,19). The molecule has 0 unspecified atom stereocenters. The number of nitrogens with zero attached hydrogens (tertiary/aromatic N) is 1. The highest BCUT2D eigenvalue weighted by Crippen LogP contribution is 2.26. The van der Waals surface area contributed by atoms with Crippen LogP contribution in [0, 0.1) is 13.8 Å². The molecule has 106 valence electrons. The molecule has 0 spiro atoms. The molecule has 1 aromatic carbocycles. The molecule has 0 saturated heterocycles. The van der Waals surface area contributed by atoms with E-state index in [1.165, 1.54) is 6.92 Å². The van der Waals surface area contributed by atoms with Gasteiger partial charge in [0.15, 0.2) is 0 Å². The van der Waals surface area contributed by atoms with Crippen molar-refractivity contribution < 1.29 is 4.79 Å². The highest BCUT2D eigenvalue weighted by atomic mass is 35.5. The van der Waals surface area contributed by atoms with Gasteiger partial charge in [0.25, 0.3) is 0 Å². The van der Waals surface area contributed by atoms with E-state index >= 15 is 0 Å². The third-order valence-corrected chi connectivity index (χ3v) is 3.34. The Labute approximate surface area is 122 Å². The highest BCUT2D eigenvalue weighted by Gasteiger charge is 2.07. The van der Waals surface area contributed by atoms with Crippen LogP contribution in [0.4, 0.5) is 11.4 Å². The summed E-state index contributed by atoms with van der Waals surface area (Å²) in [6, 6.07) is 5.45. The molecule has 0 saturated carbocycles. The summed E-state index contributed by atoms with van der Waals surface area (Å²) in [6.45, 7) is 6.08. The lowest BCUT2D eigenvalue weighted by Gasteiger charge is -2.10. The molecular formula is C14H17ClN4O. The molecule has 0 fully saturated rings. The maximum atomic E-state index is 11.0. The molecule has 0 radical (unpaired) electrons. The van der Waals surface area contributed by atoms with Crippen LogP contribution in [0.5, 0.6) is 0 Å². The second kappa shape index (κ2) is 5.96. The average Bonchev–Trinajstić information content (AvgIpc) is 2.69. The van der Waals surface area contributed by atoms with Crippen molar-refractivity contribution in [2.45, 2.75) is 27.3 Å². The van der Waals surface area contributed by atoms with E-state index in [-0.39, 0.29) is 5.91 Å². The van der Waals surface area contributed by atoms with Crippen LogP contribution in [0.3, 0.4) is 0 Å². The molecule has 1 aromatic heterocycles. The van der Waals surface area contributed by atoms with Crippen molar-refractivity contribution in [1.82, 2.24) is 10.2 Å². The second-order valence-corrected chi connectivity index (χ2v) is 5.05. The van der Waals surface area contributed by atoms with E-state index in [4.69, 9.17) is 11.6 Å². The molecule has 5 nitrogen and oxygen atoms in total. The van der Waals surface area contributed by atoms with Gasteiger partial charge < -0.3 is 10.6 Å². The van der Waals surface area contributed by atoms with Crippen LogP contribution >= 0.6 is 11.6 Å². The first-order chi connectivity index (χ1) is 9.47. The number of aryl methyl sites for hydroxylation is 2. The minimum absolute atomic E-state index is 0.141. The molecule has 0 aliphatic heterocycles. The van der Waals surface area contributed by atoms with Crippen LogP contribution in [-0.2, 0) is 11.3 Å². The molecule has 2 rings (SSSR count). The van der Waals surface area contributed by atoms with Crippen molar-refractivity contribution in [3.8, 4) is 0 Å². The first kappa shape index (κ1) is 14.4. The van der Waals surface area contributed by atoms with Gasteiger partial charge in [0.05, 0.1) is 16.4 Å². The van der Waals surface area contributed by atoms with Crippen LogP contribution in [-0.4, -0.2) is 16.1 Å². The van der Waals surface area contributed by atoms with E-state index in [1.54, 1.807) is 12.1 Å². The Morgan fingerprint density at radius 1 is 1.40 bits per heavy atom. The summed E-state index contributed by atoms with van der Waals surface area (Å²) in [4.78, 5) is 11.0. The number of anilines is 2. The minimum Gasteiger partial charge on any atom is -0.381 e. The zero-order valence-electron chi connectivity index (χ0n) is 11.7. The highest BCUT2D eigenvalue weighted by molar-refractivity contribution is 6.34. The Kier molecular flexibility index (Phi) is 4.29. The van der Waals surface area contributed by atoms with Gasteiger partial charge >= 0.3 is 0 Å². The molecule has 1 heterocycles. The predicted molar refractivity (Wildman–Crippen MR) is 81.1 cm³/mol. The van der Waals surface area contributed by atoms with E-state index in [9.17, 15) is 4.79 Å². The second-order valence-electron chi connectivity index (χ2n) is 4.64. The van der Waals surface area contributed by atoms with Crippen molar-refractivity contribution in [3.05, 3.63) is 40.2 Å². The van der Waals surface area contributed by atoms with Crippen LogP contribution in [0.1, 0.15) is 23.9 Å². The maximum Gasteiger partial charge on any atom is 0.221 e. The molecule has 6 heteroatoms. The number of aromatic nitrogens is 2. The summed E-state index contributed by atoms with van der Waals surface area (Å²) in [5, 5.41) is 13.6. The van der Waals surface area contributed by atoms with Gasteiger partial charge in [-0.3, -0.25) is 9.89 Å². The maximum absolute atomic E-state index is 11.0. The number of carbonyl (C=O) groups is 1. The zero-order chi connectivity index (χ0) is 14.7. The first-order valence-electron chi connectivity index (χ1n) is 6.29. The van der Waals surface area contributed by atoms with Crippen LogP contribution in [0.15, 0.2) is 18.2 Å². The molecule has 1 amide bonds. The molecule has 0 bridgehead atoms. The molecule has 0 aliphatic rings. The summed E-state index contributed by atoms with van der Waals surface area (Å²) >= 11 is 6.12. The SMILES string of the molecule is CC(=O)Nc1ccc(NCc2c(C)n[nH]c2C)cc1Cl. The van der Waals surface area contributed by atoms with Gasteiger partial charge in [-0.1, -0.05) is 11.6 Å². The average molecular weight is 293 g/mol. The van der Waals surface area contributed by atoms with Crippen molar-refractivity contribution in [2.75, 3.05) is 10.6 Å². The zero-order valence-corrected chi connectivity index (χ0v) is 12.4. The number of benzene rings is 1. The Balaban J connectivity index is 2.07. The van der Waals surface area contributed by atoms with Crippen molar-refractivity contribution in [2.24, 2.45) is 0 Å². The van der Waals surface area contributed by atoms with E-state index in [0.29, 0.717) is 17.3 Å². The van der Waals surface area contributed by atoms with Crippen molar-refractivity contribution in [1.29, 1.82) is 0 Å². The van der Waals surface area contributed by atoms with Gasteiger partial charge in [-0.05, 0) is 32.0 Å². The normalized spacial score (nSPS) is 10.4. The summed E-state index contributed by atoms with van der Waals surface area (Å²) in [7, 11) is 0. The fraction of sp³-hybridized carbons (Fsp3) is 0.286. The van der Waals surface area contributed by atoms with E-state index < -0.39 is 0 Å². The molecule has 0 atom stereocenters. The van der Waals surface area contributed by atoms with Crippen LogP contribution in [0.25, 0.3) is 0 Å². The molecule has 0 aliphatic carbocycles. The smallest absolute Gasteiger partial charge is 0.221 e. The lowest BCUT2D eigenvalue weighted by atomic mass is 10.2. The van der Waals surface area contributed by atoms with Crippen molar-refractivity contribution >= 4 is 28.9 Å². The Hall–Kier alpha value is -2.01.